The average Bonchev–Trinajstić information content (AvgIpc) is 2.90. The fourth-order valence-electron chi connectivity index (χ4n) is 1.19. The second-order valence-electron chi connectivity index (χ2n) is 3.72. The summed E-state index contributed by atoms with van der Waals surface area (Å²) in [4.78, 5) is 0. The molecule has 0 atom stereocenters. The third-order valence-electron chi connectivity index (χ3n) is 1.98. The first-order valence-electron chi connectivity index (χ1n) is 4.77. The molecule has 1 fully saturated rings. The van der Waals surface area contributed by atoms with E-state index in [-0.39, 0.29) is 0 Å². The summed E-state index contributed by atoms with van der Waals surface area (Å²) in [6.45, 7) is 0. The lowest BCUT2D eigenvalue weighted by Crippen LogP contribution is -2.09. The molecule has 1 aromatic carbocycles. The van der Waals surface area contributed by atoms with Crippen LogP contribution in [0.15, 0.2) is 24.3 Å². The van der Waals surface area contributed by atoms with Crippen LogP contribution in [0.3, 0.4) is 0 Å². The lowest BCUT2D eigenvalue weighted by molar-refractivity contribution is 0.303. The minimum absolute atomic E-state index is 0.360. The predicted molar refractivity (Wildman–Crippen MR) is 58.6 cm³/mol. The maximum absolute atomic E-state index is 10.9. The van der Waals surface area contributed by atoms with Gasteiger partial charge in [0, 0.05) is 5.69 Å². The van der Waals surface area contributed by atoms with Crippen LogP contribution >= 0.6 is 0 Å². The third kappa shape index (κ3) is 3.43. The van der Waals surface area contributed by atoms with Crippen LogP contribution in [0.25, 0.3) is 0 Å². The van der Waals surface area contributed by atoms with Gasteiger partial charge in [-0.25, -0.2) is 8.42 Å². The molecule has 4 nitrogen and oxygen atoms in total. The van der Waals surface area contributed by atoms with Crippen LogP contribution in [0, 0.1) is 0 Å². The van der Waals surface area contributed by atoms with Crippen LogP contribution in [0.2, 0.25) is 0 Å². The van der Waals surface area contributed by atoms with E-state index < -0.39 is 10.0 Å². The van der Waals surface area contributed by atoms with E-state index >= 15 is 0 Å². The Hall–Kier alpha value is -1.23. The van der Waals surface area contributed by atoms with Crippen LogP contribution in [0.5, 0.6) is 5.75 Å². The molecule has 1 aromatic rings. The van der Waals surface area contributed by atoms with Crippen molar-refractivity contribution in [2.75, 3.05) is 11.0 Å². The summed E-state index contributed by atoms with van der Waals surface area (Å²) in [5.74, 6) is 0.788. The van der Waals surface area contributed by atoms with Crippen molar-refractivity contribution >= 4 is 15.7 Å². The monoisotopic (exact) mass is 227 g/mol. The first-order chi connectivity index (χ1) is 7.03. The van der Waals surface area contributed by atoms with E-state index in [0.29, 0.717) is 11.8 Å². The van der Waals surface area contributed by atoms with Crippen LogP contribution in [-0.4, -0.2) is 20.8 Å². The van der Waals surface area contributed by atoms with Crippen LogP contribution in [0.4, 0.5) is 5.69 Å². The molecule has 0 aliphatic heterocycles. The molecule has 5 heteroatoms. The van der Waals surface area contributed by atoms with Gasteiger partial charge in [-0.05, 0) is 37.1 Å². The normalized spacial score (nSPS) is 16.1. The molecule has 1 aliphatic rings. The van der Waals surface area contributed by atoms with Gasteiger partial charge in [0.15, 0.2) is 0 Å². The van der Waals surface area contributed by atoms with E-state index in [1.54, 1.807) is 24.3 Å². The molecule has 0 bridgehead atoms. The van der Waals surface area contributed by atoms with E-state index in [1.807, 2.05) is 0 Å². The van der Waals surface area contributed by atoms with Gasteiger partial charge in [-0.2, -0.15) is 0 Å². The number of ether oxygens (including phenoxy) is 1. The van der Waals surface area contributed by atoms with Crippen molar-refractivity contribution < 1.29 is 13.2 Å². The Morgan fingerprint density at radius 3 is 2.33 bits per heavy atom. The molecule has 2 rings (SSSR count). The number of benzene rings is 1. The Bertz CT molecular complexity index is 434. The molecule has 0 unspecified atom stereocenters. The van der Waals surface area contributed by atoms with Crippen LogP contribution < -0.4 is 9.46 Å². The van der Waals surface area contributed by atoms with Gasteiger partial charge >= 0.3 is 0 Å². The van der Waals surface area contributed by atoms with Crippen molar-refractivity contribution in [1.29, 1.82) is 0 Å². The van der Waals surface area contributed by atoms with Gasteiger partial charge in [0.1, 0.15) is 5.75 Å². The van der Waals surface area contributed by atoms with Crippen molar-refractivity contribution in [2.24, 2.45) is 0 Å². The molecule has 0 amide bonds. The van der Waals surface area contributed by atoms with Crippen molar-refractivity contribution in [3.05, 3.63) is 24.3 Å². The van der Waals surface area contributed by atoms with Crippen molar-refractivity contribution in [1.82, 2.24) is 0 Å². The summed E-state index contributed by atoms with van der Waals surface area (Å²) < 4.78 is 29.8. The van der Waals surface area contributed by atoms with Gasteiger partial charge in [0.2, 0.25) is 10.0 Å². The van der Waals surface area contributed by atoms with E-state index in [2.05, 4.69) is 4.72 Å². The highest BCUT2D eigenvalue weighted by Gasteiger charge is 2.23. The van der Waals surface area contributed by atoms with Crippen LogP contribution in [0.1, 0.15) is 12.8 Å². The van der Waals surface area contributed by atoms with Gasteiger partial charge in [-0.15, -0.1) is 0 Å². The molecule has 0 spiro atoms. The number of sulfonamides is 1. The molecule has 1 aliphatic carbocycles. The number of hydrogen-bond acceptors (Lipinski definition) is 3. The van der Waals surface area contributed by atoms with Crippen molar-refractivity contribution in [2.45, 2.75) is 18.9 Å². The van der Waals surface area contributed by atoms with Gasteiger partial charge < -0.3 is 4.74 Å². The Morgan fingerprint density at radius 2 is 1.87 bits per heavy atom. The SMILES string of the molecule is CS(=O)(=O)Nc1ccc(OC2CC2)cc1. The van der Waals surface area contributed by atoms with Gasteiger partial charge in [0.25, 0.3) is 0 Å². The third-order valence-corrected chi connectivity index (χ3v) is 2.59. The topological polar surface area (TPSA) is 55.4 Å². The summed E-state index contributed by atoms with van der Waals surface area (Å²) >= 11 is 0. The molecule has 1 N–H and O–H groups in total. The molecule has 1 saturated carbocycles. The number of hydrogen-bond donors (Lipinski definition) is 1. The Balaban J connectivity index is 2.02. The zero-order chi connectivity index (χ0) is 10.9. The quantitative estimate of drug-likeness (QED) is 0.850. The second-order valence-corrected chi connectivity index (χ2v) is 5.46. The number of anilines is 1. The van der Waals surface area contributed by atoms with Crippen molar-refractivity contribution in [3.8, 4) is 5.75 Å². The average molecular weight is 227 g/mol. The molecule has 82 valence electrons. The maximum atomic E-state index is 10.9. The molecule has 0 aromatic heterocycles. The van der Waals surface area contributed by atoms with Crippen LogP contribution in [-0.2, 0) is 10.0 Å². The summed E-state index contributed by atoms with van der Waals surface area (Å²) in [6.07, 6.45) is 3.72. The highest BCUT2D eigenvalue weighted by Crippen LogP contribution is 2.27. The first-order valence-corrected chi connectivity index (χ1v) is 6.66. The molecule has 0 saturated heterocycles. The highest BCUT2D eigenvalue weighted by molar-refractivity contribution is 7.92. The molecule has 0 heterocycles. The number of nitrogens with one attached hydrogen (secondary N) is 1. The fourth-order valence-corrected chi connectivity index (χ4v) is 1.76. The van der Waals surface area contributed by atoms with Gasteiger partial charge in [0.05, 0.1) is 12.4 Å². The first kappa shape index (κ1) is 10.3. The molecular weight excluding hydrogens is 214 g/mol. The van der Waals surface area contributed by atoms with Gasteiger partial charge in [-0.1, -0.05) is 0 Å². The zero-order valence-electron chi connectivity index (χ0n) is 8.43. The lowest BCUT2D eigenvalue weighted by atomic mass is 10.3. The zero-order valence-corrected chi connectivity index (χ0v) is 9.25. The second kappa shape index (κ2) is 3.73. The Labute approximate surface area is 89.3 Å². The summed E-state index contributed by atoms with van der Waals surface area (Å²) in [5.41, 5.74) is 0.556. The smallest absolute Gasteiger partial charge is 0.229 e. The summed E-state index contributed by atoms with van der Waals surface area (Å²) in [7, 11) is -3.19. The predicted octanol–water partition coefficient (Wildman–Crippen LogP) is 1.60. The minimum atomic E-state index is -3.19. The Morgan fingerprint density at radius 1 is 1.27 bits per heavy atom. The molecule has 0 radical (unpaired) electrons. The molecule has 15 heavy (non-hydrogen) atoms. The fraction of sp³-hybridized carbons (Fsp3) is 0.400. The maximum Gasteiger partial charge on any atom is 0.229 e. The molecular formula is C10H13NO3S. The standard InChI is InChI=1S/C10H13NO3S/c1-15(12,13)11-8-2-4-9(5-3-8)14-10-6-7-10/h2-5,10-11H,6-7H2,1H3. The number of rotatable bonds is 4. The summed E-state index contributed by atoms with van der Waals surface area (Å²) in [5, 5.41) is 0. The lowest BCUT2D eigenvalue weighted by Gasteiger charge is -2.06. The largest absolute Gasteiger partial charge is 0.490 e. The highest BCUT2D eigenvalue weighted by atomic mass is 32.2. The van der Waals surface area contributed by atoms with E-state index in [0.717, 1.165) is 24.8 Å². The van der Waals surface area contributed by atoms with Gasteiger partial charge in [-0.3, -0.25) is 4.72 Å². The van der Waals surface area contributed by atoms with E-state index in [1.165, 1.54) is 0 Å². The summed E-state index contributed by atoms with van der Waals surface area (Å²) in [6, 6.07) is 6.93. The van der Waals surface area contributed by atoms with E-state index in [9.17, 15) is 8.42 Å². The van der Waals surface area contributed by atoms with E-state index in [4.69, 9.17) is 4.74 Å². The van der Waals surface area contributed by atoms with Crippen molar-refractivity contribution in [3.63, 3.8) is 0 Å². The minimum Gasteiger partial charge on any atom is -0.490 e. The Kier molecular flexibility index (Phi) is 2.56.